The summed E-state index contributed by atoms with van der Waals surface area (Å²) in [7, 11) is 1.19. The summed E-state index contributed by atoms with van der Waals surface area (Å²) in [5.41, 5.74) is 1.07. The van der Waals surface area contributed by atoms with Crippen LogP contribution in [0.1, 0.15) is 11.3 Å². The van der Waals surface area contributed by atoms with Crippen molar-refractivity contribution in [3.8, 4) is 0 Å². The Morgan fingerprint density at radius 2 is 1.92 bits per heavy atom. The van der Waals surface area contributed by atoms with Crippen LogP contribution in [0.4, 0.5) is 5.69 Å². The summed E-state index contributed by atoms with van der Waals surface area (Å²) in [6.07, 6.45) is 1.59. The minimum atomic E-state index is -3.56. The highest BCUT2D eigenvalue weighted by Crippen LogP contribution is 2.22. The van der Waals surface area contributed by atoms with Crippen molar-refractivity contribution >= 4 is 21.6 Å². The van der Waals surface area contributed by atoms with Gasteiger partial charge in [-0.25, -0.2) is 12.7 Å². The molecule has 1 aromatic heterocycles. The van der Waals surface area contributed by atoms with E-state index in [1.54, 1.807) is 43.3 Å². The maximum Gasteiger partial charge on any atom is 0.242 e. The van der Waals surface area contributed by atoms with Crippen LogP contribution < -0.4 is 5.32 Å². The zero-order chi connectivity index (χ0) is 18.6. The molecule has 1 heterocycles. The third-order valence-corrected chi connectivity index (χ3v) is 5.61. The van der Waals surface area contributed by atoms with Crippen LogP contribution in [-0.4, -0.2) is 51.2 Å². The number of carbonyl (C=O) groups excluding carboxylic acids is 1. The molecule has 2 rings (SSSR count). The van der Waals surface area contributed by atoms with E-state index in [1.807, 2.05) is 6.07 Å². The molecule has 25 heavy (non-hydrogen) atoms. The van der Waals surface area contributed by atoms with E-state index in [2.05, 4.69) is 5.32 Å². The summed E-state index contributed by atoms with van der Waals surface area (Å²) in [6.45, 7) is 2.39. The quantitative estimate of drug-likeness (QED) is 0.810. The van der Waals surface area contributed by atoms with E-state index in [0.29, 0.717) is 17.8 Å². The van der Waals surface area contributed by atoms with Crippen LogP contribution in [0.2, 0.25) is 0 Å². The summed E-state index contributed by atoms with van der Waals surface area (Å²) >= 11 is 0. The van der Waals surface area contributed by atoms with Gasteiger partial charge in [0.05, 0.1) is 24.2 Å². The molecule has 0 atom stereocenters. The molecule has 1 amide bonds. The third-order valence-electron chi connectivity index (χ3n) is 3.65. The van der Waals surface area contributed by atoms with Gasteiger partial charge < -0.3 is 9.73 Å². The van der Waals surface area contributed by atoms with Crippen molar-refractivity contribution in [2.24, 2.45) is 0 Å². The molecule has 0 bridgehead atoms. The molecule has 136 valence electrons. The number of nitrogens with zero attached hydrogens (tertiary/aromatic N) is 2. The first-order valence-corrected chi connectivity index (χ1v) is 9.18. The highest BCUT2D eigenvalue weighted by molar-refractivity contribution is 7.89. The summed E-state index contributed by atoms with van der Waals surface area (Å²) in [5, 5.41) is 2.74. The van der Waals surface area contributed by atoms with Crippen molar-refractivity contribution in [1.82, 2.24) is 9.21 Å². The topological polar surface area (TPSA) is 82.9 Å². The molecule has 8 heteroatoms. The molecule has 0 saturated heterocycles. The molecule has 7 nitrogen and oxygen atoms in total. The number of amides is 1. The number of carbonyl (C=O) groups is 1. The number of benzene rings is 1. The summed E-state index contributed by atoms with van der Waals surface area (Å²) in [6, 6.07) is 8.48. The molecule has 2 aromatic rings. The predicted molar refractivity (Wildman–Crippen MR) is 95.7 cm³/mol. The Balaban J connectivity index is 2.06. The fourth-order valence-electron chi connectivity index (χ4n) is 2.32. The molecule has 0 aliphatic heterocycles. The van der Waals surface area contributed by atoms with Gasteiger partial charge in [-0.1, -0.05) is 6.07 Å². The molecular weight excluding hydrogens is 342 g/mol. The summed E-state index contributed by atoms with van der Waals surface area (Å²) in [5.74, 6) is 0.538. The van der Waals surface area contributed by atoms with Crippen molar-refractivity contribution in [2.75, 3.05) is 33.0 Å². The minimum Gasteiger partial charge on any atom is -0.468 e. The van der Waals surface area contributed by atoms with E-state index < -0.39 is 10.0 Å². The summed E-state index contributed by atoms with van der Waals surface area (Å²) < 4.78 is 31.1. The van der Waals surface area contributed by atoms with E-state index in [-0.39, 0.29) is 17.3 Å². The van der Waals surface area contributed by atoms with Crippen molar-refractivity contribution in [1.29, 1.82) is 0 Å². The van der Waals surface area contributed by atoms with Gasteiger partial charge in [0.1, 0.15) is 5.76 Å². The van der Waals surface area contributed by atoms with Gasteiger partial charge in [-0.2, -0.15) is 0 Å². The smallest absolute Gasteiger partial charge is 0.242 e. The largest absolute Gasteiger partial charge is 0.468 e. The van der Waals surface area contributed by atoms with Crippen LogP contribution in [0, 0.1) is 6.92 Å². The molecular formula is C17H23N3O4S. The van der Waals surface area contributed by atoms with Gasteiger partial charge in [-0.3, -0.25) is 9.69 Å². The fourth-order valence-corrected chi connectivity index (χ4v) is 3.47. The molecule has 0 unspecified atom stereocenters. The van der Waals surface area contributed by atoms with E-state index in [1.165, 1.54) is 20.2 Å². The number of hydrogen-bond donors (Lipinski definition) is 1. The first kappa shape index (κ1) is 19.2. The molecule has 0 saturated carbocycles. The van der Waals surface area contributed by atoms with Gasteiger partial charge >= 0.3 is 0 Å². The Morgan fingerprint density at radius 3 is 2.52 bits per heavy atom. The van der Waals surface area contributed by atoms with Crippen LogP contribution in [0.15, 0.2) is 45.9 Å². The van der Waals surface area contributed by atoms with E-state index >= 15 is 0 Å². The number of sulfonamides is 1. The standard InChI is InChI=1S/C17H23N3O4S/c1-13-7-8-14(10-16(13)25(22,23)19(2)3)18-17(21)12-20(4)11-15-6-5-9-24-15/h5-10H,11-12H2,1-4H3,(H,18,21). The second kappa shape index (κ2) is 7.81. The Hall–Kier alpha value is -2.16. The highest BCUT2D eigenvalue weighted by Gasteiger charge is 2.20. The van der Waals surface area contributed by atoms with E-state index in [9.17, 15) is 13.2 Å². The van der Waals surface area contributed by atoms with Gasteiger partial charge in [0.25, 0.3) is 0 Å². The molecule has 0 radical (unpaired) electrons. The Morgan fingerprint density at radius 1 is 1.20 bits per heavy atom. The normalized spacial score (nSPS) is 11.9. The lowest BCUT2D eigenvalue weighted by molar-refractivity contribution is -0.117. The van der Waals surface area contributed by atoms with Crippen molar-refractivity contribution < 1.29 is 17.6 Å². The number of hydrogen-bond acceptors (Lipinski definition) is 5. The van der Waals surface area contributed by atoms with Gasteiger partial charge in [0.15, 0.2) is 0 Å². The first-order chi connectivity index (χ1) is 11.7. The van der Waals surface area contributed by atoms with Crippen molar-refractivity contribution in [2.45, 2.75) is 18.4 Å². The highest BCUT2D eigenvalue weighted by atomic mass is 32.2. The number of likely N-dealkylation sites (N-methyl/N-ethyl adjacent to an activating group) is 1. The van der Waals surface area contributed by atoms with Crippen molar-refractivity contribution in [3.63, 3.8) is 0 Å². The van der Waals surface area contributed by atoms with Crippen LogP contribution >= 0.6 is 0 Å². The van der Waals surface area contributed by atoms with Gasteiger partial charge in [-0.05, 0) is 43.8 Å². The predicted octanol–water partition coefficient (Wildman–Crippen LogP) is 1.91. The fraction of sp³-hybridized carbons (Fsp3) is 0.353. The minimum absolute atomic E-state index is 0.157. The monoisotopic (exact) mass is 365 g/mol. The lowest BCUT2D eigenvalue weighted by Gasteiger charge is -2.17. The average Bonchev–Trinajstić information content (AvgIpc) is 3.01. The maximum absolute atomic E-state index is 12.3. The Kier molecular flexibility index (Phi) is 5.99. The van der Waals surface area contributed by atoms with Crippen molar-refractivity contribution in [3.05, 3.63) is 47.9 Å². The molecule has 1 aromatic carbocycles. The van der Waals surface area contributed by atoms with Gasteiger partial charge in [-0.15, -0.1) is 0 Å². The molecule has 0 aliphatic carbocycles. The zero-order valence-electron chi connectivity index (χ0n) is 14.8. The average molecular weight is 365 g/mol. The first-order valence-electron chi connectivity index (χ1n) is 7.74. The van der Waals surface area contributed by atoms with Crippen LogP contribution in [-0.2, 0) is 21.4 Å². The van der Waals surface area contributed by atoms with Crippen LogP contribution in [0.25, 0.3) is 0 Å². The Bertz CT molecular complexity index is 830. The van der Waals surface area contributed by atoms with Crippen LogP contribution in [0.3, 0.4) is 0 Å². The molecule has 0 spiro atoms. The van der Waals surface area contributed by atoms with E-state index in [0.717, 1.165) is 10.1 Å². The lowest BCUT2D eigenvalue weighted by atomic mass is 10.2. The second-order valence-corrected chi connectivity index (χ2v) is 8.19. The van der Waals surface area contributed by atoms with E-state index in [4.69, 9.17) is 4.42 Å². The number of anilines is 1. The van der Waals surface area contributed by atoms with Gasteiger partial charge in [0.2, 0.25) is 15.9 Å². The van der Waals surface area contributed by atoms with Gasteiger partial charge in [0, 0.05) is 19.8 Å². The number of furan rings is 1. The summed E-state index contributed by atoms with van der Waals surface area (Å²) in [4.78, 5) is 14.2. The molecule has 0 fully saturated rings. The number of nitrogens with one attached hydrogen (secondary N) is 1. The maximum atomic E-state index is 12.3. The lowest BCUT2D eigenvalue weighted by Crippen LogP contribution is -2.30. The SMILES string of the molecule is Cc1ccc(NC(=O)CN(C)Cc2ccco2)cc1S(=O)(=O)N(C)C. The zero-order valence-corrected chi connectivity index (χ0v) is 15.6. The second-order valence-electron chi connectivity index (χ2n) is 6.07. The number of rotatable bonds is 7. The Labute approximate surface area is 148 Å². The third kappa shape index (κ3) is 4.91. The van der Waals surface area contributed by atoms with Crippen LogP contribution in [0.5, 0.6) is 0 Å². The molecule has 1 N–H and O–H groups in total. The molecule has 0 aliphatic rings. The number of aryl methyl sites for hydroxylation is 1.